The number of nitrogens with zero attached hydrogens (tertiary/aromatic N) is 2. The third-order valence-electron chi connectivity index (χ3n) is 6.30. The largest absolute Gasteiger partial charge is 0.444 e. The minimum atomic E-state index is -0.495. The summed E-state index contributed by atoms with van der Waals surface area (Å²) in [6.07, 6.45) is 5.36. The van der Waals surface area contributed by atoms with Crippen LogP contribution in [0.5, 0.6) is 0 Å². The molecule has 2 amide bonds. The average Bonchev–Trinajstić information content (AvgIpc) is 2.53. The van der Waals surface area contributed by atoms with Crippen LogP contribution >= 0.6 is 0 Å². The Labute approximate surface area is 151 Å². The maximum absolute atomic E-state index is 13.3. The fourth-order valence-electron chi connectivity index (χ4n) is 4.59. The van der Waals surface area contributed by atoms with E-state index in [0.29, 0.717) is 19.6 Å². The number of carbonyl (C=O) groups excluding carboxylic acids is 2. The van der Waals surface area contributed by atoms with Crippen molar-refractivity contribution in [1.29, 1.82) is 0 Å². The zero-order valence-corrected chi connectivity index (χ0v) is 16.1. The van der Waals surface area contributed by atoms with Crippen LogP contribution in [-0.4, -0.2) is 58.6 Å². The van der Waals surface area contributed by atoms with Crippen LogP contribution in [-0.2, 0) is 9.53 Å². The van der Waals surface area contributed by atoms with Crippen molar-refractivity contribution >= 4 is 12.0 Å². The van der Waals surface area contributed by atoms with Crippen molar-refractivity contribution in [2.75, 3.05) is 19.6 Å². The lowest BCUT2D eigenvalue weighted by atomic mass is 9.57. The molecule has 142 valence electrons. The second kappa shape index (κ2) is 6.15. The first-order valence-corrected chi connectivity index (χ1v) is 9.62. The fraction of sp³-hybridized carbons (Fsp3) is 0.895. The molecule has 4 fully saturated rings. The Hall–Kier alpha value is -1.30. The Balaban J connectivity index is 1.62. The van der Waals surface area contributed by atoms with Crippen LogP contribution in [0.25, 0.3) is 0 Å². The van der Waals surface area contributed by atoms with Gasteiger partial charge < -0.3 is 20.3 Å². The molecule has 1 atom stereocenters. The van der Waals surface area contributed by atoms with Crippen molar-refractivity contribution in [1.82, 2.24) is 9.80 Å². The molecule has 0 aromatic rings. The number of hydrogen-bond acceptors (Lipinski definition) is 4. The first-order chi connectivity index (χ1) is 11.5. The number of rotatable bonds is 1. The Kier molecular flexibility index (Phi) is 4.55. The standard InChI is InChI=1S/C19H33N3O3/c1-14-13-21(16(24)25-17(2,3)4)11-12-22(14)15(23)18-5-8-19(20,9-6-18)10-7-18/h14H,5-13,20H2,1-4H3. The summed E-state index contributed by atoms with van der Waals surface area (Å²) in [7, 11) is 0. The van der Waals surface area contributed by atoms with Gasteiger partial charge in [-0.3, -0.25) is 4.79 Å². The smallest absolute Gasteiger partial charge is 0.410 e. The molecule has 3 aliphatic carbocycles. The molecule has 1 aliphatic heterocycles. The fourth-order valence-corrected chi connectivity index (χ4v) is 4.59. The van der Waals surface area contributed by atoms with Gasteiger partial charge in [0.25, 0.3) is 0 Å². The third-order valence-corrected chi connectivity index (χ3v) is 6.30. The van der Waals surface area contributed by atoms with Gasteiger partial charge in [-0.15, -0.1) is 0 Å². The van der Waals surface area contributed by atoms with E-state index in [9.17, 15) is 9.59 Å². The van der Waals surface area contributed by atoms with Gasteiger partial charge in [0.15, 0.2) is 0 Å². The van der Waals surface area contributed by atoms with E-state index < -0.39 is 5.60 Å². The highest BCUT2D eigenvalue weighted by molar-refractivity contribution is 5.84. The van der Waals surface area contributed by atoms with Gasteiger partial charge in [-0.2, -0.15) is 0 Å². The van der Waals surface area contributed by atoms with Crippen LogP contribution < -0.4 is 5.73 Å². The van der Waals surface area contributed by atoms with E-state index >= 15 is 0 Å². The van der Waals surface area contributed by atoms with Crippen molar-refractivity contribution in [3.05, 3.63) is 0 Å². The minimum absolute atomic E-state index is 0.0228. The van der Waals surface area contributed by atoms with Gasteiger partial charge in [0.05, 0.1) is 0 Å². The summed E-state index contributed by atoms with van der Waals surface area (Å²) >= 11 is 0. The molecule has 0 spiro atoms. The molecular formula is C19H33N3O3. The summed E-state index contributed by atoms with van der Waals surface area (Å²) in [4.78, 5) is 29.3. The van der Waals surface area contributed by atoms with Crippen LogP contribution in [0.3, 0.4) is 0 Å². The first-order valence-electron chi connectivity index (χ1n) is 9.62. The molecule has 4 aliphatic rings. The van der Waals surface area contributed by atoms with Crippen molar-refractivity contribution in [3.8, 4) is 0 Å². The minimum Gasteiger partial charge on any atom is -0.444 e. The maximum Gasteiger partial charge on any atom is 0.410 e. The van der Waals surface area contributed by atoms with E-state index in [1.807, 2.05) is 32.6 Å². The Morgan fingerprint density at radius 2 is 1.60 bits per heavy atom. The van der Waals surface area contributed by atoms with E-state index in [1.54, 1.807) is 4.90 Å². The highest BCUT2D eigenvalue weighted by Gasteiger charge is 2.52. The van der Waals surface area contributed by atoms with Crippen molar-refractivity contribution < 1.29 is 14.3 Å². The molecular weight excluding hydrogens is 318 g/mol. The van der Waals surface area contributed by atoms with Gasteiger partial charge in [0.2, 0.25) is 5.91 Å². The second-order valence-corrected chi connectivity index (χ2v) is 9.42. The number of amides is 2. The highest BCUT2D eigenvalue weighted by atomic mass is 16.6. The van der Waals surface area contributed by atoms with Gasteiger partial charge in [-0.1, -0.05) is 0 Å². The molecule has 0 aromatic heterocycles. The molecule has 6 heteroatoms. The number of nitrogens with two attached hydrogens (primary N) is 1. The molecule has 3 saturated carbocycles. The molecule has 0 aromatic carbocycles. The number of ether oxygens (including phenoxy) is 1. The summed E-state index contributed by atoms with van der Waals surface area (Å²) in [5.41, 5.74) is 5.66. The topological polar surface area (TPSA) is 75.9 Å². The molecule has 1 saturated heterocycles. The number of hydrogen-bond donors (Lipinski definition) is 1. The van der Waals surface area contributed by atoms with Gasteiger partial charge in [-0.25, -0.2) is 4.79 Å². The molecule has 2 bridgehead atoms. The van der Waals surface area contributed by atoms with Crippen molar-refractivity contribution in [2.24, 2.45) is 11.1 Å². The van der Waals surface area contributed by atoms with Gasteiger partial charge in [0.1, 0.15) is 5.60 Å². The maximum atomic E-state index is 13.3. The van der Waals surface area contributed by atoms with E-state index in [0.717, 1.165) is 38.5 Å². The summed E-state index contributed by atoms with van der Waals surface area (Å²) in [5.74, 6) is 0.283. The van der Waals surface area contributed by atoms with E-state index in [-0.39, 0.29) is 29.0 Å². The predicted molar refractivity (Wildman–Crippen MR) is 96.0 cm³/mol. The zero-order valence-electron chi connectivity index (χ0n) is 16.1. The van der Waals surface area contributed by atoms with Crippen LogP contribution in [0.15, 0.2) is 0 Å². The normalized spacial score (nSPS) is 35.6. The van der Waals surface area contributed by atoms with E-state index in [4.69, 9.17) is 10.5 Å². The summed E-state index contributed by atoms with van der Waals surface area (Å²) in [6, 6.07) is 0.0228. The average molecular weight is 351 g/mol. The van der Waals surface area contributed by atoms with Crippen molar-refractivity contribution in [3.63, 3.8) is 0 Å². The Morgan fingerprint density at radius 1 is 1.04 bits per heavy atom. The lowest BCUT2D eigenvalue weighted by Gasteiger charge is -2.53. The molecule has 2 N–H and O–H groups in total. The van der Waals surface area contributed by atoms with Crippen LogP contribution in [0, 0.1) is 5.41 Å². The molecule has 1 unspecified atom stereocenters. The number of carbonyl (C=O) groups is 2. The SMILES string of the molecule is CC1CN(C(=O)OC(C)(C)C)CCN1C(=O)C12CCC(N)(CC1)CC2. The molecule has 1 heterocycles. The van der Waals surface area contributed by atoms with E-state index in [2.05, 4.69) is 0 Å². The molecule has 25 heavy (non-hydrogen) atoms. The predicted octanol–water partition coefficient (Wildman–Crippen LogP) is 2.51. The first kappa shape index (κ1) is 18.5. The third kappa shape index (κ3) is 3.64. The quantitative estimate of drug-likeness (QED) is 0.787. The Bertz CT molecular complexity index is 530. The molecule has 0 radical (unpaired) electrons. The van der Waals surface area contributed by atoms with Crippen LogP contribution in [0.1, 0.15) is 66.2 Å². The lowest BCUT2D eigenvalue weighted by Crippen LogP contribution is -2.62. The highest BCUT2D eigenvalue weighted by Crippen LogP contribution is 2.52. The summed E-state index contributed by atoms with van der Waals surface area (Å²) < 4.78 is 5.47. The van der Waals surface area contributed by atoms with Gasteiger partial charge in [0, 0.05) is 36.6 Å². The lowest BCUT2D eigenvalue weighted by molar-refractivity contribution is -0.153. The zero-order chi connectivity index (χ0) is 18.5. The number of fused-ring (bicyclic) bond motifs is 3. The number of piperazine rings is 1. The molecule has 4 rings (SSSR count). The van der Waals surface area contributed by atoms with Crippen LogP contribution in [0.2, 0.25) is 0 Å². The van der Waals surface area contributed by atoms with Gasteiger partial charge in [-0.05, 0) is 66.2 Å². The molecule has 6 nitrogen and oxygen atoms in total. The van der Waals surface area contributed by atoms with Gasteiger partial charge >= 0.3 is 6.09 Å². The Morgan fingerprint density at radius 3 is 2.08 bits per heavy atom. The summed E-state index contributed by atoms with van der Waals surface area (Å²) in [6.45, 7) is 9.32. The monoisotopic (exact) mass is 351 g/mol. The van der Waals surface area contributed by atoms with E-state index in [1.165, 1.54) is 0 Å². The van der Waals surface area contributed by atoms with Crippen LogP contribution in [0.4, 0.5) is 4.79 Å². The summed E-state index contributed by atoms with van der Waals surface area (Å²) in [5, 5.41) is 0. The second-order valence-electron chi connectivity index (χ2n) is 9.42. The van der Waals surface area contributed by atoms with Crippen molar-refractivity contribution in [2.45, 2.75) is 83.4 Å².